The highest BCUT2D eigenvalue weighted by molar-refractivity contribution is 5.91. The van der Waals surface area contributed by atoms with Gasteiger partial charge < -0.3 is 19.4 Å². The molecule has 1 aliphatic heterocycles. The average molecular weight is 382 g/mol. The molecule has 1 N–H and O–H groups in total. The van der Waals surface area contributed by atoms with Gasteiger partial charge in [0.25, 0.3) is 0 Å². The summed E-state index contributed by atoms with van der Waals surface area (Å²) in [4.78, 5) is 26.3. The number of carbonyl (C=O) groups is 2. The van der Waals surface area contributed by atoms with E-state index in [9.17, 15) is 9.59 Å². The predicted molar refractivity (Wildman–Crippen MR) is 107 cm³/mol. The molecule has 148 valence electrons. The van der Waals surface area contributed by atoms with Gasteiger partial charge in [0.15, 0.2) is 0 Å². The second kappa shape index (κ2) is 9.78. The van der Waals surface area contributed by atoms with Crippen LogP contribution in [0, 0.1) is 5.92 Å². The third kappa shape index (κ3) is 5.74. The van der Waals surface area contributed by atoms with Crippen molar-refractivity contribution in [2.24, 2.45) is 5.92 Å². The molecule has 6 nitrogen and oxygen atoms in total. The number of carbonyl (C=O) groups excluding carboxylic acids is 2. The Balaban J connectivity index is 1.38. The van der Waals surface area contributed by atoms with Crippen molar-refractivity contribution < 1.29 is 18.7 Å². The number of amides is 2. The highest BCUT2D eigenvalue weighted by Crippen LogP contribution is 2.17. The average Bonchev–Trinajstić information content (AvgIpc) is 3.24. The Morgan fingerprint density at radius 2 is 2.07 bits per heavy atom. The number of hydrogen-bond donors (Lipinski definition) is 1. The van der Waals surface area contributed by atoms with Gasteiger partial charge in [-0.25, -0.2) is 0 Å². The van der Waals surface area contributed by atoms with Crippen LogP contribution >= 0.6 is 0 Å². The minimum Gasteiger partial charge on any atom is -0.497 e. The van der Waals surface area contributed by atoms with E-state index >= 15 is 0 Å². The smallest absolute Gasteiger partial charge is 0.246 e. The highest BCUT2D eigenvalue weighted by atomic mass is 16.5. The Hall–Kier alpha value is -3.02. The topological polar surface area (TPSA) is 71.8 Å². The number of rotatable bonds is 7. The maximum atomic E-state index is 12.2. The van der Waals surface area contributed by atoms with Gasteiger partial charge in [-0.3, -0.25) is 9.59 Å². The zero-order valence-electron chi connectivity index (χ0n) is 16.1. The third-order valence-electron chi connectivity index (χ3n) is 4.95. The molecule has 0 spiro atoms. The lowest BCUT2D eigenvalue weighted by molar-refractivity contribution is -0.127. The zero-order chi connectivity index (χ0) is 19.8. The Labute approximate surface area is 165 Å². The van der Waals surface area contributed by atoms with Crippen molar-refractivity contribution in [1.82, 2.24) is 10.2 Å². The van der Waals surface area contributed by atoms with Gasteiger partial charge in [0.2, 0.25) is 11.8 Å². The number of nitrogens with one attached hydrogen (secondary N) is 1. The first kappa shape index (κ1) is 19.7. The van der Waals surface area contributed by atoms with Crippen LogP contribution < -0.4 is 10.1 Å². The number of methoxy groups -OCH3 is 1. The molecule has 2 aromatic rings. The Morgan fingerprint density at radius 1 is 1.25 bits per heavy atom. The molecule has 0 aliphatic carbocycles. The minimum atomic E-state index is -0.00286. The Kier molecular flexibility index (Phi) is 6.89. The molecule has 28 heavy (non-hydrogen) atoms. The molecule has 1 aliphatic rings. The summed E-state index contributed by atoms with van der Waals surface area (Å²) < 4.78 is 10.4. The van der Waals surface area contributed by atoms with Crippen LogP contribution in [0.15, 0.2) is 53.2 Å². The number of nitrogens with zero attached hydrogens (tertiary/aromatic N) is 1. The van der Waals surface area contributed by atoms with E-state index < -0.39 is 0 Å². The van der Waals surface area contributed by atoms with E-state index in [2.05, 4.69) is 5.32 Å². The molecule has 2 heterocycles. The monoisotopic (exact) mass is 382 g/mol. The van der Waals surface area contributed by atoms with Gasteiger partial charge in [0.05, 0.1) is 19.8 Å². The summed E-state index contributed by atoms with van der Waals surface area (Å²) in [6.45, 7) is 2.06. The van der Waals surface area contributed by atoms with Gasteiger partial charge in [0.1, 0.15) is 11.5 Å². The zero-order valence-corrected chi connectivity index (χ0v) is 16.1. The summed E-state index contributed by atoms with van der Waals surface area (Å²) in [5.74, 6) is 1.82. The summed E-state index contributed by atoms with van der Waals surface area (Å²) in [6.07, 6.45) is 6.94. The number of ether oxygens (including phenoxy) is 1. The molecule has 1 saturated heterocycles. The number of hydrogen-bond acceptors (Lipinski definition) is 4. The van der Waals surface area contributed by atoms with Crippen LogP contribution in [-0.2, 0) is 16.0 Å². The van der Waals surface area contributed by atoms with Crippen molar-refractivity contribution in [2.45, 2.75) is 19.3 Å². The number of likely N-dealkylation sites (tertiary alicyclic amines) is 1. The van der Waals surface area contributed by atoms with Gasteiger partial charge in [-0.15, -0.1) is 0 Å². The van der Waals surface area contributed by atoms with Crippen LogP contribution in [0.5, 0.6) is 5.75 Å². The standard InChI is InChI=1S/C22H26N2O4/c1-27-20-5-2-4-18(14-20)15-21(25)23-16-17-9-11-24(12-10-17)22(26)8-7-19-6-3-13-28-19/h2-8,13-14,17H,9-12,15-16H2,1H3,(H,23,25)/b8-7+. The first-order chi connectivity index (χ1) is 13.6. The third-order valence-corrected chi connectivity index (χ3v) is 4.95. The summed E-state index contributed by atoms with van der Waals surface area (Å²) in [5, 5.41) is 3.02. The lowest BCUT2D eigenvalue weighted by Crippen LogP contribution is -2.41. The fraction of sp³-hybridized carbons (Fsp3) is 0.364. The molecule has 2 amide bonds. The van der Waals surface area contributed by atoms with Crippen LogP contribution in [0.3, 0.4) is 0 Å². The lowest BCUT2D eigenvalue weighted by Gasteiger charge is -2.31. The Bertz CT molecular complexity index is 806. The molecule has 0 atom stereocenters. The van der Waals surface area contributed by atoms with Crippen LogP contribution in [0.2, 0.25) is 0 Å². The molecule has 1 aromatic carbocycles. The van der Waals surface area contributed by atoms with Crippen molar-refractivity contribution in [1.29, 1.82) is 0 Å². The maximum Gasteiger partial charge on any atom is 0.246 e. The molecular weight excluding hydrogens is 356 g/mol. The second-order valence-electron chi connectivity index (χ2n) is 6.95. The van der Waals surface area contributed by atoms with E-state index in [0.717, 1.165) is 24.2 Å². The first-order valence-electron chi connectivity index (χ1n) is 9.54. The molecule has 1 aromatic heterocycles. The lowest BCUT2D eigenvalue weighted by atomic mass is 9.96. The van der Waals surface area contributed by atoms with Gasteiger partial charge in [-0.1, -0.05) is 12.1 Å². The molecule has 3 rings (SSSR count). The van der Waals surface area contributed by atoms with Gasteiger partial charge in [-0.05, 0) is 54.7 Å². The van der Waals surface area contributed by atoms with E-state index in [4.69, 9.17) is 9.15 Å². The van der Waals surface area contributed by atoms with Crippen LogP contribution in [0.1, 0.15) is 24.2 Å². The van der Waals surface area contributed by atoms with Crippen molar-refractivity contribution in [3.8, 4) is 5.75 Å². The molecule has 6 heteroatoms. The van der Waals surface area contributed by atoms with E-state index in [0.29, 0.717) is 37.7 Å². The quantitative estimate of drug-likeness (QED) is 0.748. The minimum absolute atomic E-state index is 0.00286. The van der Waals surface area contributed by atoms with Crippen LogP contribution in [0.4, 0.5) is 0 Å². The predicted octanol–water partition coefficient (Wildman–Crippen LogP) is 2.90. The summed E-state index contributed by atoms with van der Waals surface area (Å²) in [7, 11) is 1.61. The molecule has 1 fully saturated rings. The van der Waals surface area contributed by atoms with Crippen LogP contribution in [-0.4, -0.2) is 43.5 Å². The van der Waals surface area contributed by atoms with Gasteiger partial charge >= 0.3 is 0 Å². The van der Waals surface area contributed by atoms with Gasteiger partial charge in [-0.2, -0.15) is 0 Å². The largest absolute Gasteiger partial charge is 0.497 e. The van der Waals surface area contributed by atoms with E-state index in [1.807, 2.05) is 35.2 Å². The van der Waals surface area contributed by atoms with E-state index in [1.54, 1.807) is 31.6 Å². The van der Waals surface area contributed by atoms with E-state index in [-0.39, 0.29) is 11.8 Å². The molecule has 0 bridgehead atoms. The maximum absolute atomic E-state index is 12.2. The second-order valence-corrected chi connectivity index (χ2v) is 6.95. The SMILES string of the molecule is COc1cccc(CC(=O)NCC2CCN(C(=O)/C=C/c3ccco3)CC2)c1. The molecule has 0 unspecified atom stereocenters. The molecule has 0 saturated carbocycles. The summed E-state index contributed by atoms with van der Waals surface area (Å²) >= 11 is 0. The Morgan fingerprint density at radius 3 is 2.79 bits per heavy atom. The van der Waals surface area contributed by atoms with Crippen molar-refractivity contribution in [3.63, 3.8) is 0 Å². The molecule has 0 radical (unpaired) electrons. The van der Waals surface area contributed by atoms with Crippen molar-refractivity contribution in [3.05, 3.63) is 60.1 Å². The first-order valence-corrected chi connectivity index (χ1v) is 9.54. The number of furan rings is 1. The number of benzene rings is 1. The van der Waals surface area contributed by atoms with Gasteiger partial charge in [0, 0.05) is 25.7 Å². The fourth-order valence-electron chi connectivity index (χ4n) is 3.29. The normalized spacial score (nSPS) is 15.0. The van der Waals surface area contributed by atoms with Crippen molar-refractivity contribution >= 4 is 17.9 Å². The van der Waals surface area contributed by atoms with E-state index in [1.165, 1.54) is 0 Å². The number of piperidine rings is 1. The van der Waals surface area contributed by atoms with Crippen molar-refractivity contribution in [2.75, 3.05) is 26.7 Å². The summed E-state index contributed by atoms with van der Waals surface area (Å²) in [5.41, 5.74) is 0.931. The fourth-order valence-corrected chi connectivity index (χ4v) is 3.29. The van der Waals surface area contributed by atoms with Crippen LogP contribution in [0.25, 0.3) is 6.08 Å². The highest BCUT2D eigenvalue weighted by Gasteiger charge is 2.22. The molecular formula is C22H26N2O4. The summed E-state index contributed by atoms with van der Waals surface area (Å²) in [6, 6.07) is 11.1.